The van der Waals surface area contributed by atoms with Gasteiger partial charge in [-0.1, -0.05) is 23.9 Å². The van der Waals surface area contributed by atoms with Crippen LogP contribution in [0.15, 0.2) is 53.7 Å². The fraction of sp³-hybridized carbons (Fsp3) is 0.211. The van der Waals surface area contributed by atoms with Crippen molar-refractivity contribution in [3.63, 3.8) is 0 Å². The number of aromatic nitrogens is 3. The summed E-state index contributed by atoms with van der Waals surface area (Å²) >= 11 is 1.27. The number of benzene rings is 2. The Bertz CT molecular complexity index is 928. The SMILES string of the molecule is Cc1cccc(OCc2nnc(SCC(=O)Nc3ccc(F)cc3)n2C)c1. The fourth-order valence-corrected chi connectivity index (χ4v) is 3.04. The van der Waals surface area contributed by atoms with Crippen molar-refractivity contribution in [2.45, 2.75) is 18.7 Å². The summed E-state index contributed by atoms with van der Waals surface area (Å²) < 4.78 is 20.4. The molecule has 0 spiro atoms. The van der Waals surface area contributed by atoms with E-state index in [1.165, 1.54) is 36.0 Å². The number of hydrogen-bond acceptors (Lipinski definition) is 5. The first-order chi connectivity index (χ1) is 13.0. The minimum absolute atomic E-state index is 0.169. The van der Waals surface area contributed by atoms with Crippen molar-refractivity contribution >= 4 is 23.4 Å². The molecule has 0 fully saturated rings. The first kappa shape index (κ1) is 18.9. The molecule has 1 amide bonds. The predicted molar refractivity (Wildman–Crippen MR) is 102 cm³/mol. The largest absolute Gasteiger partial charge is 0.486 e. The van der Waals surface area contributed by atoms with E-state index in [4.69, 9.17) is 4.74 Å². The van der Waals surface area contributed by atoms with E-state index in [1.54, 1.807) is 4.57 Å². The Kier molecular flexibility index (Phi) is 6.08. The van der Waals surface area contributed by atoms with Gasteiger partial charge in [-0.15, -0.1) is 10.2 Å². The van der Waals surface area contributed by atoms with Gasteiger partial charge in [0.15, 0.2) is 11.0 Å². The summed E-state index contributed by atoms with van der Waals surface area (Å²) in [6.45, 7) is 2.29. The fourth-order valence-electron chi connectivity index (χ4n) is 2.31. The van der Waals surface area contributed by atoms with Crippen molar-refractivity contribution in [1.29, 1.82) is 0 Å². The quantitative estimate of drug-likeness (QED) is 0.629. The second-order valence-corrected chi connectivity index (χ2v) is 6.85. The van der Waals surface area contributed by atoms with E-state index < -0.39 is 0 Å². The topological polar surface area (TPSA) is 69.0 Å². The molecule has 3 rings (SSSR count). The van der Waals surface area contributed by atoms with E-state index in [0.29, 0.717) is 16.7 Å². The molecule has 3 aromatic rings. The Hall–Kier alpha value is -2.87. The highest BCUT2D eigenvalue weighted by Gasteiger charge is 2.12. The third-order valence-electron chi connectivity index (χ3n) is 3.74. The van der Waals surface area contributed by atoms with Gasteiger partial charge in [-0.05, 0) is 48.9 Å². The Morgan fingerprint density at radius 2 is 2.00 bits per heavy atom. The highest BCUT2D eigenvalue weighted by atomic mass is 32.2. The number of halogens is 1. The highest BCUT2D eigenvalue weighted by molar-refractivity contribution is 7.99. The van der Waals surface area contributed by atoms with Crippen molar-refractivity contribution in [1.82, 2.24) is 14.8 Å². The second-order valence-electron chi connectivity index (χ2n) is 5.91. The zero-order valence-electron chi connectivity index (χ0n) is 15.0. The third kappa shape index (κ3) is 5.30. The smallest absolute Gasteiger partial charge is 0.234 e. The first-order valence-electron chi connectivity index (χ1n) is 8.27. The zero-order valence-corrected chi connectivity index (χ0v) is 15.8. The molecule has 1 aromatic heterocycles. The third-order valence-corrected chi connectivity index (χ3v) is 4.76. The number of nitrogens with one attached hydrogen (secondary N) is 1. The van der Waals surface area contributed by atoms with Crippen LogP contribution in [-0.2, 0) is 18.4 Å². The normalized spacial score (nSPS) is 10.6. The van der Waals surface area contributed by atoms with Crippen LogP contribution in [0.25, 0.3) is 0 Å². The molecular formula is C19H19FN4O2S. The lowest BCUT2D eigenvalue weighted by atomic mass is 10.2. The van der Waals surface area contributed by atoms with Crippen LogP contribution in [0.5, 0.6) is 5.75 Å². The number of amides is 1. The molecule has 0 bridgehead atoms. The monoisotopic (exact) mass is 386 g/mol. The maximum absolute atomic E-state index is 12.9. The number of nitrogens with zero attached hydrogens (tertiary/aromatic N) is 3. The van der Waals surface area contributed by atoms with Crippen molar-refractivity contribution in [2.24, 2.45) is 7.05 Å². The summed E-state index contributed by atoms with van der Waals surface area (Å²) in [5.41, 5.74) is 1.67. The molecular weight excluding hydrogens is 367 g/mol. The molecule has 6 nitrogen and oxygen atoms in total. The van der Waals surface area contributed by atoms with E-state index in [2.05, 4.69) is 15.5 Å². The lowest BCUT2D eigenvalue weighted by molar-refractivity contribution is -0.113. The minimum atomic E-state index is -0.345. The van der Waals surface area contributed by atoms with E-state index in [0.717, 1.165) is 11.3 Å². The van der Waals surface area contributed by atoms with E-state index in [-0.39, 0.29) is 24.1 Å². The molecule has 0 aliphatic heterocycles. The maximum atomic E-state index is 12.9. The van der Waals surface area contributed by atoms with Gasteiger partial charge in [0, 0.05) is 12.7 Å². The Labute approximate surface area is 160 Å². The van der Waals surface area contributed by atoms with Gasteiger partial charge in [-0.25, -0.2) is 4.39 Å². The van der Waals surface area contributed by atoms with Gasteiger partial charge in [-0.2, -0.15) is 0 Å². The Balaban J connectivity index is 1.52. The standard InChI is InChI=1S/C19H19FN4O2S/c1-13-4-3-5-16(10-13)26-11-17-22-23-19(24(17)2)27-12-18(25)21-15-8-6-14(20)7-9-15/h3-10H,11-12H2,1-2H3,(H,21,25). The van der Waals surface area contributed by atoms with Crippen LogP contribution in [0.4, 0.5) is 10.1 Å². The number of hydrogen-bond donors (Lipinski definition) is 1. The number of carbonyl (C=O) groups is 1. The summed E-state index contributed by atoms with van der Waals surface area (Å²) in [5.74, 6) is 1.06. The van der Waals surface area contributed by atoms with Crippen molar-refractivity contribution in [3.05, 3.63) is 65.7 Å². The summed E-state index contributed by atoms with van der Waals surface area (Å²) in [7, 11) is 1.83. The molecule has 27 heavy (non-hydrogen) atoms. The van der Waals surface area contributed by atoms with Gasteiger partial charge in [0.1, 0.15) is 18.2 Å². The molecule has 2 aromatic carbocycles. The second kappa shape index (κ2) is 8.68. The molecule has 0 saturated heterocycles. The molecule has 140 valence electrons. The van der Waals surface area contributed by atoms with Gasteiger partial charge in [-0.3, -0.25) is 4.79 Å². The molecule has 1 N–H and O–H groups in total. The molecule has 8 heteroatoms. The van der Waals surface area contributed by atoms with Gasteiger partial charge in [0.2, 0.25) is 5.91 Å². The number of ether oxygens (including phenoxy) is 1. The average Bonchev–Trinajstić information content (AvgIpc) is 3.00. The van der Waals surface area contributed by atoms with Crippen molar-refractivity contribution < 1.29 is 13.9 Å². The Morgan fingerprint density at radius 1 is 1.22 bits per heavy atom. The van der Waals surface area contributed by atoms with Crippen LogP contribution in [0.2, 0.25) is 0 Å². The molecule has 0 aliphatic carbocycles. The number of carbonyl (C=O) groups excluding carboxylic acids is 1. The van der Waals surface area contributed by atoms with Crippen LogP contribution in [-0.4, -0.2) is 26.4 Å². The number of anilines is 1. The summed E-state index contributed by atoms with van der Waals surface area (Å²) in [6.07, 6.45) is 0. The predicted octanol–water partition coefficient (Wildman–Crippen LogP) is 3.57. The van der Waals surface area contributed by atoms with Crippen LogP contribution in [0, 0.1) is 12.7 Å². The molecule has 0 saturated carbocycles. The minimum Gasteiger partial charge on any atom is -0.486 e. The van der Waals surface area contributed by atoms with Crippen LogP contribution < -0.4 is 10.1 Å². The summed E-state index contributed by atoms with van der Waals surface area (Å²) in [4.78, 5) is 12.0. The summed E-state index contributed by atoms with van der Waals surface area (Å²) in [6, 6.07) is 13.4. The van der Waals surface area contributed by atoms with Crippen molar-refractivity contribution in [2.75, 3.05) is 11.1 Å². The van der Waals surface area contributed by atoms with Gasteiger partial charge in [0.05, 0.1) is 5.75 Å². The van der Waals surface area contributed by atoms with Gasteiger partial charge >= 0.3 is 0 Å². The zero-order chi connectivity index (χ0) is 19.2. The number of aryl methyl sites for hydroxylation is 1. The van der Waals surface area contributed by atoms with Crippen LogP contribution >= 0.6 is 11.8 Å². The Morgan fingerprint density at radius 3 is 2.74 bits per heavy atom. The van der Waals surface area contributed by atoms with Gasteiger partial charge in [0.25, 0.3) is 0 Å². The van der Waals surface area contributed by atoms with E-state index in [1.807, 2.05) is 38.2 Å². The first-order valence-corrected chi connectivity index (χ1v) is 9.26. The molecule has 1 heterocycles. The average molecular weight is 386 g/mol. The lowest BCUT2D eigenvalue weighted by Crippen LogP contribution is -2.14. The van der Waals surface area contributed by atoms with E-state index >= 15 is 0 Å². The highest BCUT2D eigenvalue weighted by Crippen LogP contribution is 2.18. The summed E-state index contributed by atoms with van der Waals surface area (Å²) in [5, 5.41) is 11.5. The number of rotatable bonds is 7. The van der Waals surface area contributed by atoms with Gasteiger partial charge < -0.3 is 14.6 Å². The van der Waals surface area contributed by atoms with Crippen molar-refractivity contribution in [3.8, 4) is 5.75 Å². The van der Waals surface area contributed by atoms with E-state index in [9.17, 15) is 9.18 Å². The lowest BCUT2D eigenvalue weighted by Gasteiger charge is -2.07. The maximum Gasteiger partial charge on any atom is 0.234 e. The number of thioether (sulfide) groups is 1. The van der Waals surface area contributed by atoms with Crippen LogP contribution in [0.1, 0.15) is 11.4 Å². The molecule has 0 radical (unpaired) electrons. The molecule has 0 aliphatic rings. The molecule has 0 atom stereocenters. The van der Waals surface area contributed by atoms with Crippen LogP contribution in [0.3, 0.4) is 0 Å². The molecule has 0 unspecified atom stereocenters.